The summed E-state index contributed by atoms with van der Waals surface area (Å²) in [5.41, 5.74) is 0.994. The highest BCUT2D eigenvalue weighted by Crippen LogP contribution is 2.26. The van der Waals surface area contributed by atoms with Gasteiger partial charge < -0.3 is 15.4 Å². The van der Waals surface area contributed by atoms with E-state index in [2.05, 4.69) is 15.6 Å². The van der Waals surface area contributed by atoms with Gasteiger partial charge in [-0.2, -0.15) is 0 Å². The second kappa shape index (κ2) is 9.80. The van der Waals surface area contributed by atoms with Gasteiger partial charge in [-0.25, -0.2) is 0 Å². The monoisotopic (exact) mass is 457 g/mol. The van der Waals surface area contributed by atoms with E-state index >= 15 is 0 Å². The molecule has 0 aliphatic carbocycles. The molecule has 1 aromatic carbocycles. The minimum atomic E-state index is 0. The molecule has 0 spiro atoms. The fraction of sp³-hybridized carbons (Fsp3) is 0.533. The van der Waals surface area contributed by atoms with Crippen molar-refractivity contribution in [1.29, 1.82) is 0 Å². The van der Waals surface area contributed by atoms with Crippen molar-refractivity contribution in [3.63, 3.8) is 0 Å². The molecule has 0 aromatic heterocycles. The minimum absolute atomic E-state index is 0. The third-order valence-electron chi connectivity index (χ3n) is 3.59. The molecule has 2 atom stereocenters. The van der Waals surface area contributed by atoms with Crippen LogP contribution < -0.4 is 10.6 Å². The van der Waals surface area contributed by atoms with E-state index in [0.717, 1.165) is 37.7 Å². The summed E-state index contributed by atoms with van der Waals surface area (Å²) in [4.78, 5) is 4.25. The zero-order chi connectivity index (χ0) is 15.2. The van der Waals surface area contributed by atoms with Gasteiger partial charge in [0.15, 0.2) is 5.96 Å². The Morgan fingerprint density at radius 3 is 2.82 bits per heavy atom. The first-order valence-corrected chi connectivity index (χ1v) is 7.85. The summed E-state index contributed by atoms with van der Waals surface area (Å²) < 4.78 is 5.37. The molecule has 0 amide bonds. The highest BCUT2D eigenvalue weighted by molar-refractivity contribution is 14.0. The van der Waals surface area contributed by atoms with Gasteiger partial charge in [-0.05, 0) is 31.0 Å². The lowest BCUT2D eigenvalue weighted by Crippen LogP contribution is -2.41. The number of ether oxygens (including phenoxy) is 1. The zero-order valence-corrected chi connectivity index (χ0v) is 16.6. The van der Waals surface area contributed by atoms with E-state index in [0.29, 0.717) is 16.0 Å². The van der Waals surface area contributed by atoms with Crippen LogP contribution in [0.1, 0.15) is 24.9 Å². The number of nitrogens with one attached hydrogen (secondary N) is 2. The maximum atomic E-state index is 6.23. The molecule has 1 saturated heterocycles. The summed E-state index contributed by atoms with van der Waals surface area (Å²) in [6.07, 6.45) is 1.10. The number of nitrogens with zero attached hydrogens (tertiary/aromatic N) is 1. The molecule has 2 rings (SSSR count). The summed E-state index contributed by atoms with van der Waals surface area (Å²) in [6, 6.07) is 5.57. The van der Waals surface area contributed by atoms with E-state index in [1.807, 2.05) is 19.1 Å². The minimum Gasteiger partial charge on any atom is -0.381 e. The van der Waals surface area contributed by atoms with Gasteiger partial charge >= 0.3 is 0 Å². The van der Waals surface area contributed by atoms with Gasteiger partial charge in [-0.3, -0.25) is 4.99 Å². The Balaban J connectivity index is 0.00000242. The molecular weight excluding hydrogens is 436 g/mol. The molecule has 0 bridgehead atoms. The highest BCUT2D eigenvalue weighted by Gasteiger charge is 2.17. The van der Waals surface area contributed by atoms with Gasteiger partial charge in [0, 0.05) is 36.2 Å². The number of benzene rings is 1. The zero-order valence-electron chi connectivity index (χ0n) is 12.7. The van der Waals surface area contributed by atoms with Crippen molar-refractivity contribution in [1.82, 2.24) is 10.6 Å². The van der Waals surface area contributed by atoms with Crippen molar-refractivity contribution in [2.75, 3.05) is 26.8 Å². The average Bonchev–Trinajstić information content (AvgIpc) is 2.96. The lowest BCUT2D eigenvalue weighted by atomic mass is 10.1. The first-order valence-electron chi connectivity index (χ1n) is 7.10. The summed E-state index contributed by atoms with van der Waals surface area (Å²) in [6.45, 7) is 4.58. The molecule has 7 heteroatoms. The molecule has 1 aliphatic rings. The molecule has 1 heterocycles. The first-order chi connectivity index (χ1) is 10.1. The average molecular weight is 458 g/mol. The van der Waals surface area contributed by atoms with Gasteiger partial charge in [-0.1, -0.05) is 29.3 Å². The molecular formula is C15H22Cl2IN3O. The number of aliphatic imine (C=N–C) groups is 1. The Kier molecular flexibility index (Phi) is 8.82. The summed E-state index contributed by atoms with van der Waals surface area (Å²) in [5.74, 6) is 1.32. The number of hydrogen-bond donors (Lipinski definition) is 2. The molecule has 0 saturated carbocycles. The van der Waals surface area contributed by atoms with Crippen molar-refractivity contribution in [2.45, 2.75) is 19.4 Å². The number of halogens is 3. The van der Waals surface area contributed by atoms with Crippen LogP contribution in [0.4, 0.5) is 0 Å². The number of guanidine groups is 1. The quantitative estimate of drug-likeness (QED) is 0.409. The summed E-state index contributed by atoms with van der Waals surface area (Å²) in [5, 5.41) is 7.96. The van der Waals surface area contributed by atoms with E-state index in [9.17, 15) is 0 Å². The van der Waals surface area contributed by atoms with Crippen LogP contribution in [-0.2, 0) is 4.74 Å². The van der Waals surface area contributed by atoms with Crippen LogP contribution in [0, 0.1) is 5.92 Å². The van der Waals surface area contributed by atoms with Crippen molar-refractivity contribution >= 4 is 53.1 Å². The maximum Gasteiger partial charge on any atom is 0.191 e. The Morgan fingerprint density at radius 1 is 1.45 bits per heavy atom. The Labute approximate surface area is 159 Å². The molecule has 22 heavy (non-hydrogen) atoms. The van der Waals surface area contributed by atoms with Gasteiger partial charge in [-0.15, -0.1) is 24.0 Å². The molecule has 0 radical (unpaired) electrons. The topological polar surface area (TPSA) is 45.7 Å². The van der Waals surface area contributed by atoms with Crippen LogP contribution in [0.2, 0.25) is 10.0 Å². The third kappa shape index (κ3) is 5.76. The SMILES string of the molecule is CN=C(NCC1CCOC1)NC(C)c1ccc(Cl)cc1Cl.I. The molecule has 1 aliphatic heterocycles. The highest BCUT2D eigenvalue weighted by atomic mass is 127. The maximum absolute atomic E-state index is 6.23. The Hall–Kier alpha value is -0.240. The molecule has 1 fully saturated rings. The smallest absolute Gasteiger partial charge is 0.191 e. The van der Waals surface area contributed by atoms with Gasteiger partial charge in [0.2, 0.25) is 0 Å². The van der Waals surface area contributed by atoms with Crippen LogP contribution >= 0.6 is 47.2 Å². The Morgan fingerprint density at radius 2 is 2.23 bits per heavy atom. The van der Waals surface area contributed by atoms with Crippen LogP contribution in [0.15, 0.2) is 23.2 Å². The van der Waals surface area contributed by atoms with Crippen LogP contribution in [-0.4, -0.2) is 32.8 Å². The van der Waals surface area contributed by atoms with Crippen molar-refractivity contribution in [3.05, 3.63) is 33.8 Å². The van der Waals surface area contributed by atoms with E-state index in [1.165, 1.54) is 0 Å². The summed E-state index contributed by atoms with van der Waals surface area (Å²) in [7, 11) is 1.76. The van der Waals surface area contributed by atoms with Gasteiger partial charge in [0.25, 0.3) is 0 Å². The molecule has 2 N–H and O–H groups in total. The van der Waals surface area contributed by atoms with Crippen LogP contribution in [0.25, 0.3) is 0 Å². The first kappa shape index (κ1) is 19.8. The number of rotatable bonds is 4. The second-order valence-corrected chi connectivity index (χ2v) is 6.06. The van der Waals surface area contributed by atoms with E-state index in [1.54, 1.807) is 13.1 Å². The van der Waals surface area contributed by atoms with E-state index < -0.39 is 0 Å². The molecule has 4 nitrogen and oxygen atoms in total. The lowest BCUT2D eigenvalue weighted by molar-refractivity contribution is 0.186. The largest absolute Gasteiger partial charge is 0.381 e. The fourth-order valence-electron chi connectivity index (χ4n) is 2.32. The van der Waals surface area contributed by atoms with E-state index in [-0.39, 0.29) is 30.0 Å². The predicted octanol–water partition coefficient (Wildman–Crippen LogP) is 3.87. The van der Waals surface area contributed by atoms with Gasteiger partial charge in [0.05, 0.1) is 12.6 Å². The standard InChI is InChI=1S/C15H21Cl2N3O.HI/c1-10(13-4-3-12(16)7-14(13)17)20-15(18-2)19-8-11-5-6-21-9-11;/h3-4,7,10-11H,5-6,8-9H2,1-2H3,(H2,18,19,20);1H. The van der Waals surface area contributed by atoms with Crippen molar-refractivity contribution in [3.8, 4) is 0 Å². The molecule has 124 valence electrons. The van der Waals surface area contributed by atoms with Crippen molar-refractivity contribution in [2.24, 2.45) is 10.9 Å². The van der Waals surface area contributed by atoms with E-state index in [4.69, 9.17) is 27.9 Å². The molecule has 2 unspecified atom stereocenters. The van der Waals surface area contributed by atoms with Gasteiger partial charge in [0.1, 0.15) is 0 Å². The van der Waals surface area contributed by atoms with Crippen LogP contribution in [0.5, 0.6) is 0 Å². The van der Waals surface area contributed by atoms with Crippen molar-refractivity contribution < 1.29 is 4.74 Å². The summed E-state index contributed by atoms with van der Waals surface area (Å²) >= 11 is 12.2. The normalized spacial score (nSPS) is 19.5. The fourth-order valence-corrected chi connectivity index (χ4v) is 2.89. The Bertz CT molecular complexity index is 508. The van der Waals surface area contributed by atoms with Crippen LogP contribution in [0.3, 0.4) is 0 Å². The lowest BCUT2D eigenvalue weighted by Gasteiger charge is -2.20. The second-order valence-electron chi connectivity index (χ2n) is 5.21. The predicted molar refractivity (Wildman–Crippen MR) is 104 cm³/mol. The molecule has 1 aromatic rings. The third-order valence-corrected chi connectivity index (χ3v) is 4.15. The number of hydrogen-bond acceptors (Lipinski definition) is 2.